The Balaban J connectivity index is 0.00000120. The smallest absolute Gasteiger partial charge is 0.247 e. The minimum atomic E-state index is -0.327. The molecule has 0 aliphatic carbocycles. The monoisotopic (exact) mass is 267 g/mol. The summed E-state index contributed by atoms with van der Waals surface area (Å²) in [4.78, 5) is 14.4. The highest BCUT2D eigenvalue weighted by molar-refractivity contribution is 5.93. The van der Waals surface area contributed by atoms with Gasteiger partial charge in [-0.05, 0) is 38.1 Å². The lowest BCUT2D eigenvalue weighted by molar-refractivity contribution is -0.124. The number of anilines is 1. The van der Waals surface area contributed by atoms with Crippen LogP contribution in [-0.4, -0.2) is 31.2 Å². The van der Waals surface area contributed by atoms with E-state index in [9.17, 15) is 4.79 Å². The third kappa shape index (κ3) is 1.95. The first-order chi connectivity index (χ1) is 8.33. The number of para-hydroxylation sites is 1. The van der Waals surface area contributed by atoms with E-state index in [-0.39, 0.29) is 23.9 Å². The molecule has 2 N–H and O–H groups in total. The van der Waals surface area contributed by atoms with Gasteiger partial charge in [-0.2, -0.15) is 0 Å². The van der Waals surface area contributed by atoms with Gasteiger partial charge in [0, 0.05) is 5.69 Å². The lowest BCUT2D eigenvalue weighted by Crippen LogP contribution is -2.55. The van der Waals surface area contributed by atoms with Gasteiger partial charge in [0.15, 0.2) is 0 Å². The van der Waals surface area contributed by atoms with Crippen molar-refractivity contribution >= 4 is 24.0 Å². The highest BCUT2D eigenvalue weighted by Crippen LogP contribution is 2.34. The van der Waals surface area contributed by atoms with Crippen molar-refractivity contribution in [1.29, 1.82) is 0 Å². The fourth-order valence-corrected chi connectivity index (χ4v) is 2.87. The van der Waals surface area contributed by atoms with Gasteiger partial charge in [0.1, 0.15) is 5.54 Å². The van der Waals surface area contributed by atoms with Crippen molar-refractivity contribution in [2.45, 2.75) is 18.4 Å². The Kier molecular flexibility index (Phi) is 3.78. The standard InChI is InChI=1S/C13H17N3O.ClH/c17-12-13(6-8-14-9-7-13)16(10-15-12)11-4-2-1-3-5-11;/h1-5,14H,6-10H2,(H,15,17);1H. The lowest BCUT2D eigenvalue weighted by Gasteiger charge is -2.40. The summed E-state index contributed by atoms with van der Waals surface area (Å²) in [5, 5.41) is 6.31. The number of piperidine rings is 1. The zero-order chi connectivity index (χ0) is 11.7. The zero-order valence-electron chi connectivity index (χ0n) is 10.2. The van der Waals surface area contributed by atoms with Crippen LogP contribution in [0.1, 0.15) is 12.8 Å². The van der Waals surface area contributed by atoms with Crippen LogP contribution in [0.4, 0.5) is 5.69 Å². The fourth-order valence-electron chi connectivity index (χ4n) is 2.87. The topological polar surface area (TPSA) is 44.4 Å². The summed E-state index contributed by atoms with van der Waals surface area (Å²) >= 11 is 0. The summed E-state index contributed by atoms with van der Waals surface area (Å²) in [5.74, 6) is 0.183. The van der Waals surface area contributed by atoms with Gasteiger partial charge in [0.2, 0.25) is 5.91 Å². The quantitative estimate of drug-likeness (QED) is 0.802. The maximum absolute atomic E-state index is 12.2. The first-order valence-electron chi connectivity index (χ1n) is 6.15. The molecule has 18 heavy (non-hydrogen) atoms. The van der Waals surface area contributed by atoms with E-state index >= 15 is 0 Å². The first-order valence-corrected chi connectivity index (χ1v) is 6.15. The minimum Gasteiger partial charge on any atom is -0.339 e. The Labute approximate surface area is 113 Å². The molecule has 5 heteroatoms. The van der Waals surface area contributed by atoms with Crippen molar-refractivity contribution in [3.05, 3.63) is 30.3 Å². The maximum atomic E-state index is 12.2. The molecule has 2 fully saturated rings. The van der Waals surface area contributed by atoms with Crippen LogP contribution in [0.3, 0.4) is 0 Å². The van der Waals surface area contributed by atoms with Crippen molar-refractivity contribution in [3.63, 3.8) is 0 Å². The van der Waals surface area contributed by atoms with E-state index in [4.69, 9.17) is 0 Å². The predicted molar refractivity (Wildman–Crippen MR) is 74.0 cm³/mol. The molecular formula is C13H18ClN3O. The summed E-state index contributed by atoms with van der Waals surface area (Å²) in [7, 11) is 0. The Morgan fingerprint density at radius 1 is 1.11 bits per heavy atom. The van der Waals surface area contributed by atoms with E-state index in [1.807, 2.05) is 18.2 Å². The zero-order valence-corrected chi connectivity index (χ0v) is 11.0. The number of halogens is 1. The number of carbonyl (C=O) groups excluding carboxylic acids is 1. The molecule has 0 saturated carbocycles. The van der Waals surface area contributed by atoms with Gasteiger partial charge in [-0.3, -0.25) is 4.79 Å². The molecule has 0 bridgehead atoms. The summed E-state index contributed by atoms with van der Waals surface area (Å²) in [6, 6.07) is 10.2. The summed E-state index contributed by atoms with van der Waals surface area (Å²) in [5.41, 5.74) is 0.805. The van der Waals surface area contributed by atoms with Crippen LogP contribution in [0, 0.1) is 0 Å². The predicted octanol–water partition coefficient (Wildman–Crippen LogP) is 1.12. The maximum Gasteiger partial charge on any atom is 0.247 e. The van der Waals surface area contributed by atoms with Crippen molar-refractivity contribution in [2.75, 3.05) is 24.7 Å². The number of rotatable bonds is 1. The van der Waals surface area contributed by atoms with Gasteiger partial charge in [-0.1, -0.05) is 18.2 Å². The third-order valence-corrected chi connectivity index (χ3v) is 3.84. The second kappa shape index (κ2) is 5.16. The van der Waals surface area contributed by atoms with Gasteiger partial charge in [0.05, 0.1) is 6.67 Å². The molecular weight excluding hydrogens is 250 g/mol. The fraction of sp³-hybridized carbons (Fsp3) is 0.462. The number of benzene rings is 1. The van der Waals surface area contributed by atoms with Crippen molar-refractivity contribution in [1.82, 2.24) is 10.6 Å². The van der Waals surface area contributed by atoms with Gasteiger partial charge in [-0.15, -0.1) is 12.4 Å². The van der Waals surface area contributed by atoms with E-state index in [1.54, 1.807) is 0 Å². The molecule has 0 radical (unpaired) electrons. The first kappa shape index (κ1) is 13.2. The Hall–Kier alpha value is -1.26. The minimum absolute atomic E-state index is 0. The number of hydrogen-bond acceptors (Lipinski definition) is 3. The van der Waals surface area contributed by atoms with E-state index in [0.717, 1.165) is 31.6 Å². The van der Waals surface area contributed by atoms with Crippen molar-refractivity contribution < 1.29 is 4.79 Å². The molecule has 0 aromatic heterocycles. The molecule has 98 valence electrons. The molecule has 4 nitrogen and oxygen atoms in total. The second-order valence-corrected chi connectivity index (χ2v) is 4.71. The molecule has 2 aliphatic rings. The molecule has 2 saturated heterocycles. The number of carbonyl (C=O) groups is 1. The molecule has 0 atom stereocenters. The normalized spacial score (nSPS) is 21.6. The number of nitrogens with one attached hydrogen (secondary N) is 2. The van der Waals surface area contributed by atoms with Crippen LogP contribution in [0.5, 0.6) is 0 Å². The average molecular weight is 268 g/mol. The van der Waals surface area contributed by atoms with Crippen LogP contribution in [0.25, 0.3) is 0 Å². The van der Waals surface area contributed by atoms with Crippen LogP contribution in [0.15, 0.2) is 30.3 Å². The molecule has 2 heterocycles. The van der Waals surface area contributed by atoms with Gasteiger partial charge in [0.25, 0.3) is 0 Å². The highest BCUT2D eigenvalue weighted by atomic mass is 35.5. The van der Waals surface area contributed by atoms with E-state index in [0.29, 0.717) is 6.67 Å². The van der Waals surface area contributed by atoms with Crippen LogP contribution >= 0.6 is 12.4 Å². The number of amides is 1. The van der Waals surface area contributed by atoms with Crippen LogP contribution in [0.2, 0.25) is 0 Å². The van der Waals surface area contributed by atoms with Crippen LogP contribution in [-0.2, 0) is 4.79 Å². The Morgan fingerprint density at radius 2 is 1.78 bits per heavy atom. The average Bonchev–Trinajstić information content (AvgIpc) is 2.69. The highest BCUT2D eigenvalue weighted by Gasteiger charge is 2.48. The molecule has 1 amide bonds. The van der Waals surface area contributed by atoms with E-state index in [1.165, 1.54) is 0 Å². The Bertz CT molecular complexity index is 418. The number of hydrogen-bond donors (Lipinski definition) is 2. The van der Waals surface area contributed by atoms with Gasteiger partial charge in [-0.25, -0.2) is 0 Å². The summed E-state index contributed by atoms with van der Waals surface area (Å²) < 4.78 is 0. The Morgan fingerprint density at radius 3 is 2.44 bits per heavy atom. The third-order valence-electron chi connectivity index (χ3n) is 3.84. The van der Waals surface area contributed by atoms with E-state index < -0.39 is 0 Å². The van der Waals surface area contributed by atoms with Gasteiger partial charge >= 0.3 is 0 Å². The van der Waals surface area contributed by atoms with Crippen molar-refractivity contribution in [3.8, 4) is 0 Å². The molecule has 1 aromatic carbocycles. The molecule has 3 rings (SSSR count). The largest absolute Gasteiger partial charge is 0.339 e. The van der Waals surface area contributed by atoms with Gasteiger partial charge < -0.3 is 15.5 Å². The SMILES string of the molecule is Cl.O=C1NCN(c2ccccc2)C12CCNCC2. The lowest BCUT2D eigenvalue weighted by atomic mass is 9.86. The van der Waals surface area contributed by atoms with Crippen LogP contribution < -0.4 is 15.5 Å². The molecule has 2 aliphatic heterocycles. The molecule has 0 unspecified atom stereocenters. The van der Waals surface area contributed by atoms with E-state index in [2.05, 4.69) is 27.7 Å². The number of nitrogens with zero attached hydrogens (tertiary/aromatic N) is 1. The molecule has 1 aromatic rings. The summed E-state index contributed by atoms with van der Waals surface area (Å²) in [6.07, 6.45) is 1.77. The molecule has 1 spiro atoms. The second-order valence-electron chi connectivity index (χ2n) is 4.71. The van der Waals surface area contributed by atoms with Crippen molar-refractivity contribution in [2.24, 2.45) is 0 Å². The summed E-state index contributed by atoms with van der Waals surface area (Å²) in [6.45, 7) is 2.45.